The van der Waals surface area contributed by atoms with Crippen LogP contribution in [0.3, 0.4) is 0 Å². The minimum Gasteiger partial charge on any atom is -0.497 e. The number of aliphatic hydroxyl groups is 1. The Balaban J connectivity index is 2.17. The first-order chi connectivity index (χ1) is 8.20. The van der Waals surface area contributed by atoms with Crippen molar-refractivity contribution in [3.63, 3.8) is 0 Å². The van der Waals surface area contributed by atoms with Gasteiger partial charge >= 0.3 is 0 Å². The van der Waals surface area contributed by atoms with Crippen molar-refractivity contribution < 1.29 is 9.84 Å². The SMILES string of the molecule is COc1ccc(N2CC(O)CNCC2C)cc1. The second kappa shape index (κ2) is 5.38. The molecular formula is C13H20N2O2. The molecule has 2 atom stereocenters. The zero-order valence-corrected chi connectivity index (χ0v) is 10.4. The third kappa shape index (κ3) is 2.90. The van der Waals surface area contributed by atoms with E-state index in [2.05, 4.69) is 17.1 Å². The van der Waals surface area contributed by atoms with Gasteiger partial charge in [-0.3, -0.25) is 0 Å². The molecule has 1 aromatic carbocycles. The maximum atomic E-state index is 9.81. The molecule has 4 heteroatoms. The lowest BCUT2D eigenvalue weighted by atomic mass is 10.2. The average molecular weight is 236 g/mol. The third-order valence-corrected chi connectivity index (χ3v) is 3.16. The molecule has 1 aliphatic heterocycles. The molecular weight excluding hydrogens is 216 g/mol. The normalized spacial score (nSPS) is 25.5. The molecule has 2 rings (SSSR count). The van der Waals surface area contributed by atoms with Gasteiger partial charge in [0.1, 0.15) is 5.75 Å². The van der Waals surface area contributed by atoms with E-state index >= 15 is 0 Å². The fourth-order valence-electron chi connectivity index (χ4n) is 2.17. The summed E-state index contributed by atoms with van der Waals surface area (Å²) < 4.78 is 5.15. The average Bonchev–Trinajstić information content (AvgIpc) is 2.51. The highest BCUT2D eigenvalue weighted by Crippen LogP contribution is 2.22. The zero-order chi connectivity index (χ0) is 12.3. The summed E-state index contributed by atoms with van der Waals surface area (Å²) in [6, 6.07) is 8.35. The van der Waals surface area contributed by atoms with Crippen LogP contribution < -0.4 is 15.0 Å². The van der Waals surface area contributed by atoms with E-state index < -0.39 is 0 Å². The number of hydrogen-bond acceptors (Lipinski definition) is 4. The Morgan fingerprint density at radius 1 is 1.29 bits per heavy atom. The van der Waals surface area contributed by atoms with Gasteiger partial charge in [-0.2, -0.15) is 0 Å². The summed E-state index contributed by atoms with van der Waals surface area (Å²) in [6.07, 6.45) is -0.318. The zero-order valence-electron chi connectivity index (χ0n) is 10.4. The molecule has 4 nitrogen and oxygen atoms in total. The van der Waals surface area contributed by atoms with Crippen LogP contribution in [0.2, 0.25) is 0 Å². The van der Waals surface area contributed by atoms with Gasteiger partial charge in [0, 0.05) is 31.4 Å². The topological polar surface area (TPSA) is 44.7 Å². The number of nitrogens with zero attached hydrogens (tertiary/aromatic N) is 1. The molecule has 1 heterocycles. The van der Waals surface area contributed by atoms with E-state index in [1.165, 1.54) is 0 Å². The van der Waals surface area contributed by atoms with Crippen molar-refractivity contribution in [3.05, 3.63) is 24.3 Å². The molecule has 1 saturated heterocycles. The summed E-state index contributed by atoms with van der Waals surface area (Å²) in [6.45, 7) is 4.38. The molecule has 0 bridgehead atoms. The number of ether oxygens (including phenoxy) is 1. The van der Waals surface area contributed by atoms with Crippen LogP contribution >= 0.6 is 0 Å². The highest BCUT2D eigenvalue weighted by molar-refractivity contribution is 5.50. The maximum Gasteiger partial charge on any atom is 0.119 e. The van der Waals surface area contributed by atoms with Crippen molar-refractivity contribution in [3.8, 4) is 5.75 Å². The van der Waals surface area contributed by atoms with Gasteiger partial charge in [0.2, 0.25) is 0 Å². The summed E-state index contributed by atoms with van der Waals surface area (Å²) in [7, 11) is 1.66. The van der Waals surface area contributed by atoms with Gasteiger partial charge in [-0.05, 0) is 31.2 Å². The van der Waals surface area contributed by atoms with Crippen LogP contribution in [0.5, 0.6) is 5.75 Å². The summed E-state index contributed by atoms with van der Waals surface area (Å²) in [5, 5.41) is 13.1. The third-order valence-electron chi connectivity index (χ3n) is 3.16. The van der Waals surface area contributed by atoms with E-state index in [-0.39, 0.29) is 6.10 Å². The Labute approximate surface area is 102 Å². The van der Waals surface area contributed by atoms with Crippen molar-refractivity contribution in [2.45, 2.75) is 19.1 Å². The predicted molar refractivity (Wildman–Crippen MR) is 68.7 cm³/mol. The number of benzene rings is 1. The number of anilines is 1. The Morgan fingerprint density at radius 3 is 2.65 bits per heavy atom. The van der Waals surface area contributed by atoms with Crippen LogP contribution in [0.4, 0.5) is 5.69 Å². The van der Waals surface area contributed by atoms with E-state index in [9.17, 15) is 5.11 Å². The largest absolute Gasteiger partial charge is 0.497 e. The highest BCUT2D eigenvalue weighted by Gasteiger charge is 2.21. The molecule has 94 valence electrons. The Kier molecular flexibility index (Phi) is 3.86. The van der Waals surface area contributed by atoms with E-state index in [0.717, 1.165) is 18.0 Å². The van der Waals surface area contributed by atoms with Crippen molar-refractivity contribution in [1.82, 2.24) is 5.32 Å². The smallest absolute Gasteiger partial charge is 0.119 e. The summed E-state index contributed by atoms with van der Waals surface area (Å²) in [5.41, 5.74) is 1.13. The molecule has 1 aliphatic rings. The number of rotatable bonds is 2. The second-order valence-electron chi connectivity index (χ2n) is 4.51. The molecule has 1 aromatic rings. The number of β-amino-alcohol motifs (C(OH)–C–C–N with tert-alkyl or cyclic N) is 1. The molecule has 0 saturated carbocycles. The van der Waals surface area contributed by atoms with Crippen LogP contribution in [0, 0.1) is 0 Å². The monoisotopic (exact) mass is 236 g/mol. The standard InChI is InChI=1S/C13H20N2O2/c1-10-7-14-8-12(16)9-15(10)11-3-5-13(17-2)6-4-11/h3-6,10,12,14,16H,7-9H2,1-2H3. The maximum absolute atomic E-state index is 9.81. The predicted octanol–water partition coefficient (Wildman–Crippen LogP) is 0.854. The second-order valence-corrected chi connectivity index (χ2v) is 4.51. The van der Waals surface area contributed by atoms with Crippen molar-refractivity contribution in [2.75, 3.05) is 31.6 Å². The fraction of sp³-hybridized carbons (Fsp3) is 0.538. The van der Waals surface area contributed by atoms with Crippen LogP contribution in [0.25, 0.3) is 0 Å². The molecule has 0 spiro atoms. The van der Waals surface area contributed by atoms with Crippen molar-refractivity contribution in [1.29, 1.82) is 0 Å². The van der Waals surface area contributed by atoms with Gasteiger partial charge < -0.3 is 20.1 Å². The number of nitrogens with one attached hydrogen (secondary N) is 1. The molecule has 2 N–H and O–H groups in total. The van der Waals surface area contributed by atoms with Gasteiger partial charge in [-0.25, -0.2) is 0 Å². The minimum atomic E-state index is -0.318. The summed E-state index contributed by atoms with van der Waals surface area (Å²) in [4.78, 5) is 2.23. The summed E-state index contributed by atoms with van der Waals surface area (Å²) >= 11 is 0. The Morgan fingerprint density at radius 2 is 2.00 bits per heavy atom. The lowest BCUT2D eigenvalue weighted by molar-refractivity contribution is 0.184. The molecule has 0 amide bonds. The van der Waals surface area contributed by atoms with Gasteiger partial charge in [-0.15, -0.1) is 0 Å². The van der Waals surface area contributed by atoms with Crippen LogP contribution in [0.15, 0.2) is 24.3 Å². The minimum absolute atomic E-state index is 0.318. The van der Waals surface area contributed by atoms with Crippen molar-refractivity contribution >= 4 is 5.69 Å². The molecule has 2 unspecified atom stereocenters. The summed E-state index contributed by atoms with van der Waals surface area (Å²) in [5.74, 6) is 0.856. The molecule has 17 heavy (non-hydrogen) atoms. The molecule has 1 fully saturated rings. The molecule has 0 radical (unpaired) electrons. The van der Waals surface area contributed by atoms with E-state index in [1.807, 2.05) is 24.3 Å². The van der Waals surface area contributed by atoms with E-state index in [4.69, 9.17) is 4.74 Å². The number of aliphatic hydroxyl groups excluding tert-OH is 1. The fourth-order valence-corrected chi connectivity index (χ4v) is 2.17. The van der Waals surface area contributed by atoms with Crippen molar-refractivity contribution in [2.24, 2.45) is 0 Å². The first-order valence-corrected chi connectivity index (χ1v) is 6.00. The first kappa shape index (κ1) is 12.2. The van der Waals surface area contributed by atoms with Gasteiger partial charge in [-0.1, -0.05) is 0 Å². The van der Waals surface area contributed by atoms with Gasteiger partial charge in [0.05, 0.1) is 13.2 Å². The number of methoxy groups -OCH3 is 1. The lowest BCUT2D eigenvalue weighted by Gasteiger charge is -2.30. The first-order valence-electron chi connectivity index (χ1n) is 6.00. The molecule has 0 aromatic heterocycles. The van der Waals surface area contributed by atoms with E-state index in [0.29, 0.717) is 19.1 Å². The van der Waals surface area contributed by atoms with Crippen LogP contribution in [-0.2, 0) is 0 Å². The van der Waals surface area contributed by atoms with Crippen LogP contribution in [0.1, 0.15) is 6.92 Å². The number of hydrogen-bond donors (Lipinski definition) is 2. The van der Waals surface area contributed by atoms with Gasteiger partial charge in [0.25, 0.3) is 0 Å². The highest BCUT2D eigenvalue weighted by atomic mass is 16.5. The molecule has 0 aliphatic carbocycles. The van der Waals surface area contributed by atoms with E-state index in [1.54, 1.807) is 7.11 Å². The van der Waals surface area contributed by atoms with Gasteiger partial charge in [0.15, 0.2) is 0 Å². The lowest BCUT2D eigenvalue weighted by Crippen LogP contribution is -2.39. The van der Waals surface area contributed by atoms with Crippen LogP contribution in [-0.4, -0.2) is 44.0 Å². The Hall–Kier alpha value is -1.26. The quantitative estimate of drug-likeness (QED) is 0.799. The Bertz CT molecular complexity index is 353.